The normalized spacial score (nSPS) is 17.1. The molecule has 1 atom stereocenters. The van der Waals surface area contributed by atoms with Gasteiger partial charge in [-0.25, -0.2) is 4.98 Å². The summed E-state index contributed by atoms with van der Waals surface area (Å²) in [4.78, 5) is 18.0. The van der Waals surface area contributed by atoms with Crippen molar-refractivity contribution in [2.45, 2.75) is 31.0 Å². The van der Waals surface area contributed by atoms with E-state index in [2.05, 4.69) is 0 Å². The van der Waals surface area contributed by atoms with Crippen LogP contribution in [-0.2, 0) is 4.74 Å². The van der Waals surface area contributed by atoms with Crippen LogP contribution in [0, 0.1) is 6.92 Å². The summed E-state index contributed by atoms with van der Waals surface area (Å²) in [5.41, 5.74) is 2.48. The fraction of sp³-hybridized carbons (Fsp3) is 0.300. The van der Waals surface area contributed by atoms with Gasteiger partial charge in [0, 0.05) is 17.4 Å². The van der Waals surface area contributed by atoms with Gasteiger partial charge in [0.2, 0.25) is 0 Å². The van der Waals surface area contributed by atoms with E-state index >= 15 is 0 Å². The molecule has 134 valence electrons. The van der Waals surface area contributed by atoms with Crippen molar-refractivity contribution in [2.24, 2.45) is 0 Å². The van der Waals surface area contributed by atoms with E-state index in [-0.39, 0.29) is 11.7 Å². The molecule has 4 nitrogen and oxygen atoms in total. The molecule has 4 rings (SSSR count). The summed E-state index contributed by atoms with van der Waals surface area (Å²) in [7, 11) is 0. The number of hydrogen-bond donors (Lipinski definition) is 0. The number of ether oxygens (including phenoxy) is 1. The van der Waals surface area contributed by atoms with Crippen LogP contribution < -0.4 is 5.56 Å². The zero-order chi connectivity index (χ0) is 18.1. The van der Waals surface area contributed by atoms with Gasteiger partial charge in [-0.1, -0.05) is 35.5 Å². The minimum absolute atomic E-state index is 0.0768. The number of rotatable bonds is 4. The molecular weight excluding hydrogens is 368 g/mol. The molecule has 6 heteroatoms. The van der Waals surface area contributed by atoms with E-state index in [0.29, 0.717) is 21.1 Å². The van der Waals surface area contributed by atoms with Gasteiger partial charge in [0.1, 0.15) is 0 Å². The van der Waals surface area contributed by atoms with Gasteiger partial charge in [-0.2, -0.15) is 0 Å². The quantitative estimate of drug-likeness (QED) is 0.484. The molecule has 0 bridgehead atoms. The van der Waals surface area contributed by atoms with Gasteiger partial charge in [0.15, 0.2) is 5.16 Å². The summed E-state index contributed by atoms with van der Waals surface area (Å²) < 4.78 is 7.42. The highest BCUT2D eigenvalue weighted by molar-refractivity contribution is 7.99. The molecule has 1 saturated heterocycles. The van der Waals surface area contributed by atoms with Gasteiger partial charge in [0.05, 0.1) is 22.7 Å². The Hall–Kier alpha value is -1.82. The average Bonchev–Trinajstić information content (AvgIpc) is 3.13. The van der Waals surface area contributed by atoms with Gasteiger partial charge < -0.3 is 4.74 Å². The maximum Gasteiger partial charge on any atom is 0.266 e. The van der Waals surface area contributed by atoms with Crippen molar-refractivity contribution in [3.8, 4) is 5.69 Å². The summed E-state index contributed by atoms with van der Waals surface area (Å²) in [5, 5.41) is 1.82. The second kappa shape index (κ2) is 7.43. The van der Waals surface area contributed by atoms with Crippen LogP contribution in [0.1, 0.15) is 18.4 Å². The Balaban J connectivity index is 1.85. The number of thioether (sulfide) groups is 1. The largest absolute Gasteiger partial charge is 0.377 e. The lowest BCUT2D eigenvalue weighted by Crippen LogP contribution is -2.22. The highest BCUT2D eigenvalue weighted by atomic mass is 35.5. The zero-order valence-corrected chi connectivity index (χ0v) is 16.0. The second-order valence-electron chi connectivity index (χ2n) is 6.48. The first-order chi connectivity index (χ1) is 12.6. The van der Waals surface area contributed by atoms with Crippen molar-refractivity contribution in [1.82, 2.24) is 9.55 Å². The summed E-state index contributed by atoms with van der Waals surface area (Å²) in [6, 6.07) is 13.1. The summed E-state index contributed by atoms with van der Waals surface area (Å²) in [6.45, 7) is 2.83. The highest BCUT2D eigenvalue weighted by Crippen LogP contribution is 2.26. The first-order valence-electron chi connectivity index (χ1n) is 8.65. The SMILES string of the molecule is Cc1cccc(-n2c(SC[C@H]3CCCO3)nc3cc(Cl)ccc3c2=O)c1. The summed E-state index contributed by atoms with van der Waals surface area (Å²) >= 11 is 7.67. The van der Waals surface area contributed by atoms with E-state index in [1.54, 1.807) is 34.5 Å². The molecule has 2 heterocycles. The van der Waals surface area contributed by atoms with Crippen LogP contribution in [0.2, 0.25) is 5.02 Å². The lowest BCUT2D eigenvalue weighted by Gasteiger charge is -2.15. The molecule has 3 aromatic rings. The molecule has 0 aliphatic carbocycles. The average molecular weight is 387 g/mol. The van der Waals surface area contributed by atoms with Crippen molar-refractivity contribution in [3.63, 3.8) is 0 Å². The summed E-state index contributed by atoms with van der Waals surface area (Å²) in [5.74, 6) is 0.782. The van der Waals surface area contributed by atoms with Gasteiger partial charge in [-0.15, -0.1) is 0 Å². The predicted molar refractivity (Wildman–Crippen MR) is 107 cm³/mol. The van der Waals surface area contributed by atoms with Crippen LogP contribution >= 0.6 is 23.4 Å². The van der Waals surface area contributed by atoms with E-state index in [1.807, 2.05) is 31.2 Å². The Bertz CT molecular complexity index is 1010. The van der Waals surface area contributed by atoms with Crippen LogP contribution in [0.3, 0.4) is 0 Å². The van der Waals surface area contributed by atoms with Crippen LogP contribution in [-0.4, -0.2) is 28.0 Å². The minimum atomic E-state index is -0.0768. The molecule has 1 fully saturated rings. The molecule has 0 amide bonds. The number of halogens is 1. The van der Waals surface area contributed by atoms with E-state index in [1.165, 1.54) is 0 Å². The smallest absolute Gasteiger partial charge is 0.266 e. The Morgan fingerprint density at radius 3 is 2.96 bits per heavy atom. The molecule has 1 aliphatic rings. The number of aromatic nitrogens is 2. The Kier molecular flexibility index (Phi) is 5.02. The van der Waals surface area contributed by atoms with E-state index in [0.717, 1.165) is 36.5 Å². The Labute approximate surface area is 161 Å². The van der Waals surface area contributed by atoms with Crippen molar-refractivity contribution in [1.29, 1.82) is 0 Å². The van der Waals surface area contributed by atoms with Gasteiger partial charge in [-0.05, 0) is 55.7 Å². The predicted octanol–water partition coefficient (Wildman–Crippen LogP) is 4.62. The number of aryl methyl sites for hydroxylation is 1. The lowest BCUT2D eigenvalue weighted by atomic mass is 10.2. The topological polar surface area (TPSA) is 44.1 Å². The van der Waals surface area contributed by atoms with Gasteiger partial charge in [-0.3, -0.25) is 9.36 Å². The van der Waals surface area contributed by atoms with Crippen LogP contribution in [0.25, 0.3) is 16.6 Å². The standard InChI is InChI=1S/C20H19ClN2O2S/c1-13-4-2-5-15(10-13)23-19(24)17-8-7-14(21)11-18(17)22-20(23)26-12-16-6-3-9-25-16/h2,4-5,7-8,10-11,16H,3,6,9,12H2,1H3/t16-/m1/s1. The molecule has 0 saturated carbocycles. The van der Waals surface area contributed by atoms with Gasteiger partial charge >= 0.3 is 0 Å². The second-order valence-corrected chi connectivity index (χ2v) is 7.91. The minimum Gasteiger partial charge on any atom is -0.377 e. The molecule has 0 unspecified atom stereocenters. The van der Waals surface area contributed by atoms with E-state index < -0.39 is 0 Å². The van der Waals surface area contributed by atoms with Crippen molar-refractivity contribution < 1.29 is 4.74 Å². The third-order valence-electron chi connectivity index (χ3n) is 4.48. The first kappa shape index (κ1) is 17.6. The van der Waals surface area contributed by atoms with E-state index in [9.17, 15) is 4.79 Å². The number of nitrogens with zero attached hydrogens (tertiary/aromatic N) is 2. The molecule has 0 N–H and O–H groups in total. The third-order valence-corrected chi connectivity index (χ3v) is 5.79. The summed E-state index contributed by atoms with van der Waals surface area (Å²) in [6.07, 6.45) is 2.37. The fourth-order valence-corrected chi connectivity index (χ4v) is 4.42. The maximum absolute atomic E-state index is 13.2. The lowest BCUT2D eigenvalue weighted by molar-refractivity contribution is 0.129. The van der Waals surface area contributed by atoms with Crippen LogP contribution in [0.15, 0.2) is 52.4 Å². The maximum atomic E-state index is 13.2. The van der Waals surface area contributed by atoms with E-state index in [4.69, 9.17) is 21.3 Å². The third kappa shape index (κ3) is 3.52. The monoisotopic (exact) mass is 386 g/mol. The van der Waals surface area contributed by atoms with Gasteiger partial charge in [0.25, 0.3) is 5.56 Å². The fourth-order valence-electron chi connectivity index (χ4n) is 3.17. The Morgan fingerprint density at radius 2 is 2.19 bits per heavy atom. The zero-order valence-electron chi connectivity index (χ0n) is 14.4. The molecule has 1 aromatic heterocycles. The first-order valence-corrected chi connectivity index (χ1v) is 10.0. The highest BCUT2D eigenvalue weighted by Gasteiger charge is 2.19. The van der Waals surface area contributed by atoms with Crippen LogP contribution in [0.4, 0.5) is 0 Å². The molecule has 0 spiro atoms. The molecule has 26 heavy (non-hydrogen) atoms. The molecule has 1 aliphatic heterocycles. The Morgan fingerprint density at radius 1 is 1.31 bits per heavy atom. The molecule has 0 radical (unpaired) electrons. The van der Waals surface area contributed by atoms with Crippen molar-refractivity contribution in [2.75, 3.05) is 12.4 Å². The number of hydrogen-bond acceptors (Lipinski definition) is 4. The van der Waals surface area contributed by atoms with Crippen LogP contribution in [0.5, 0.6) is 0 Å². The molecule has 2 aromatic carbocycles. The molecular formula is C20H19ClN2O2S. The number of fused-ring (bicyclic) bond motifs is 1. The van der Waals surface area contributed by atoms with Crippen molar-refractivity contribution >= 4 is 34.3 Å². The number of benzene rings is 2. The van der Waals surface area contributed by atoms with Crippen molar-refractivity contribution in [3.05, 3.63) is 63.4 Å².